The number of nitrogens with zero attached hydrogens (tertiary/aromatic N) is 10. The summed E-state index contributed by atoms with van der Waals surface area (Å²) < 4.78 is 44.3. The number of methoxy groups -OCH3 is 1. The van der Waals surface area contributed by atoms with Crippen molar-refractivity contribution in [2.45, 2.75) is 90.1 Å². The average molecular weight is 1120 g/mol. The Morgan fingerprint density at radius 2 is 1.72 bits per heavy atom. The smallest absolute Gasteiger partial charge is 0.317 e. The Morgan fingerprint density at radius 1 is 0.938 bits per heavy atom. The molecule has 22 nitrogen and oxygen atoms in total. The van der Waals surface area contributed by atoms with Gasteiger partial charge >= 0.3 is 6.03 Å². The fraction of sp³-hybridized carbons (Fsp3) is 0.491. The Kier molecular flexibility index (Phi) is 18.0. The number of halogens is 2. The van der Waals surface area contributed by atoms with Crippen LogP contribution in [0.3, 0.4) is 0 Å². The van der Waals surface area contributed by atoms with Crippen molar-refractivity contribution >= 4 is 75.4 Å². The molecular formula is C57H73F2N15O7. The van der Waals surface area contributed by atoms with Gasteiger partial charge in [0.2, 0.25) is 17.8 Å². The van der Waals surface area contributed by atoms with Crippen molar-refractivity contribution in [2.24, 2.45) is 23.7 Å². The van der Waals surface area contributed by atoms with E-state index < -0.39 is 12.0 Å². The molecule has 0 aliphatic carbocycles. The van der Waals surface area contributed by atoms with Crippen LogP contribution in [-0.2, 0) is 40.8 Å². The van der Waals surface area contributed by atoms with Crippen LogP contribution in [0.2, 0.25) is 0 Å². The Labute approximate surface area is 469 Å². The minimum atomic E-state index is -2.76. The fourth-order valence-electron chi connectivity index (χ4n) is 11.5. The van der Waals surface area contributed by atoms with Crippen LogP contribution in [0.25, 0.3) is 16.5 Å². The number of likely N-dealkylation sites (N-methyl/N-ethyl adjacent to an activating group) is 1. The van der Waals surface area contributed by atoms with Crippen molar-refractivity contribution in [2.75, 3.05) is 95.8 Å². The zero-order valence-corrected chi connectivity index (χ0v) is 46.9. The number of piperidine rings is 2. The number of unbranched alkanes of at least 4 members (excludes halogenated alkanes) is 1. The maximum absolute atomic E-state index is 14.8. The number of aliphatic imine (C=N–C) groups is 1. The topological polar surface area (TPSA) is 252 Å². The summed E-state index contributed by atoms with van der Waals surface area (Å²) in [5, 5.41) is 17.6. The van der Waals surface area contributed by atoms with E-state index in [0.29, 0.717) is 167 Å². The van der Waals surface area contributed by atoms with Crippen LogP contribution in [0.4, 0.5) is 42.5 Å². The number of hydrogen-bond donors (Lipinski definition) is 5. The van der Waals surface area contributed by atoms with E-state index in [1.165, 1.54) is 31.1 Å². The predicted octanol–water partition coefficient (Wildman–Crippen LogP) is 5.80. The molecule has 0 radical (unpaired) electrons. The number of aryl methyl sites for hydroxylation is 3. The van der Waals surface area contributed by atoms with Gasteiger partial charge in [-0.1, -0.05) is 0 Å². The van der Waals surface area contributed by atoms with Gasteiger partial charge in [-0.25, -0.2) is 18.6 Å². The molecule has 0 spiro atoms. The number of benzene rings is 2. The van der Waals surface area contributed by atoms with Crippen LogP contribution < -0.4 is 51.8 Å². The fourth-order valence-corrected chi connectivity index (χ4v) is 11.5. The highest BCUT2D eigenvalue weighted by atomic mass is 19.3. The van der Waals surface area contributed by atoms with Crippen LogP contribution in [0.1, 0.15) is 97.3 Å². The molecule has 24 heteroatoms. The highest BCUT2D eigenvalue weighted by molar-refractivity contribution is 6.10. The first kappa shape index (κ1) is 57.4. The average Bonchev–Trinajstić information content (AvgIpc) is 4.16. The Morgan fingerprint density at radius 3 is 2.42 bits per heavy atom. The van der Waals surface area contributed by atoms with Crippen molar-refractivity contribution in [1.29, 1.82) is 0 Å². The lowest BCUT2D eigenvalue weighted by molar-refractivity contribution is -0.132. The molecule has 4 aliphatic rings. The lowest BCUT2D eigenvalue weighted by Crippen LogP contribution is -2.42. The monoisotopic (exact) mass is 1120 g/mol. The highest BCUT2D eigenvalue weighted by Crippen LogP contribution is 2.43. The van der Waals surface area contributed by atoms with E-state index in [4.69, 9.17) is 25.3 Å². The van der Waals surface area contributed by atoms with E-state index in [9.17, 15) is 32.8 Å². The molecule has 0 atom stereocenters. The van der Waals surface area contributed by atoms with Gasteiger partial charge in [-0.2, -0.15) is 10.1 Å². The lowest BCUT2D eigenvalue weighted by Gasteiger charge is -2.34. The number of fused-ring (bicyclic) bond motifs is 3. The second-order valence-electron chi connectivity index (χ2n) is 21.0. The third-order valence-corrected chi connectivity index (χ3v) is 15.9. The molecule has 0 saturated carbocycles. The van der Waals surface area contributed by atoms with Gasteiger partial charge in [-0.15, -0.1) is 0 Å². The number of pyridine rings is 1. The molecule has 432 valence electrons. The molecule has 3 aromatic heterocycles. The number of rotatable bonds is 18. The van der Waals surface area contributed by atoms with Crippen LogP contribution >= 0.6 is 0 Å². The van der Waals surface area contributed by atoms with E-state index >= 15 is 0 Å². The molecular weight excluding hydrogens is 1040 g/mol. The maximum Gasteiger partial charge on any atom is 0.317 e. The molecule has 81 heavy (non-hydrogen) atoms. The normalized spacial score (nSPS) is 16.2. The van der Waals surface area contributed by atoms with E-state index in [-0.39, 0.29) is 53.6 Å². The molecule has 5 amide bonds. The van der Waals surface area contributed by atoms with Crippen molar-refractivity contribution in [3.05, 3.63) is 86.6 Å². The van der Waals surface area contributed by atoms with Crippen LogP contribution in [0.5, 0.6) is 11.5 Å². The number of nitrogens with one attached hydrogen (secondary N) is 4. The number of allylic oxidation sites excluding steroid dienone is 1. The minimum absolute atomic E-state index is 0.00150. The number of carbonyl (C=O) groups excluding carboxylic acids is 4. The number of likely N-dealkylation sites (tertiary alicyclic amines) is 1. The first-order valence-corrected chi connectivity index (χ1v) is 27.7. The molecule has 7 heterocycles. The van der Waals surface area contributed by atoms with Gasteiger partial charge in [0, 0.05) is 162 Å². The minimum Gasteiger partial charge on any atom is -0.494 e. The Hall–Kier alpha value is -8.31. The van der Waals surface area contributed by atoms with Gasteiger partial charge < -0.3 is 60.6 Å². The molecule has 4 aliphatic heterocycles. The summed E-state index contributed by atoms with van der Waals surface area (Å²) in [6.07, 6.45) is 8.14. The molecule has 0 unspecified atom stereocenters. The maximum atomic E-state index is 14.8. The standard InChI is InChI=1S/C57H73F2N15O7/c1-34-30-65-56(67-52(34)66-39-24-37-26-47(81-33-48(75)62-3)55(78)69(5)50(37)46(27-39)80-6)71-19-12-35(13-20-71)54(77)64-17-8-7-11-49(76)70-21-14-40(15-22-70)74-44-16-23-72(57(79)63-4)32-43(44)53(68-74)73-18-9-10-36-25-41(38(29-60)31-61-2)42(51(58)59)28-45(36)73/h24-31,35,40,51H,7-23,32-33,60H2,1-6H3,(H,62,75)(H,63,79)(H,64,77)(H,65,66,67). The van der Waals surface area contributed by atoms with Gasteiger partial charge in [-0.3, -0.25) is 28.9 Å². The summed E-state index contributed by atoms with van der Waals surface area (Å²) >= 11 is 0. The zero-order chi connectivity index (χ0) is 57.5. The Bertz CT molecular complexity index is 3290. The van der Waals surface area contributed by atoms with Gasteiger partial charge in [0.1, 0.15) is 11.6 Å². The van der Waals surface area contributed by atoms with Gasteiger partial charge in [-0.05, 0) is 93.7 Å². The number of nitrogens with two attached hydrogens (primary N) is 1. The first-order chi connectivity index (χ1) is 39.1. The largest absolute Gasteiger partial charge is 0.494 e. The molecule has 2 saturated heterocycles. The van der Waals surface area contributed by atoms with Crippen LogP contribution in [0.15, 0.2) is 52.5 Å². The summed E-state index contributed by atoms with van der Waals surface area (Å²) in [4.78, 5) is 86.1. The summed E-state index contributed by atoms with van der Waals surface area (Å²) in [6.45, 7) is 5.77. The summed E-state index contributed by atoms with van der Waals surface area (Å²) in [5.74, 6) is 1.80. The summed E-state index contributed by atoms with van der Waals surface area (Å²) in [5.41, 5.74) is 11.6. The molecule has 5 aromatic rings. The highest BCUT2D eigenvalue weighted by Gasteiger charge is 2.36. The predicted molar refractivity (Wildman–Crippen MR) is 306 cm³/mol. The van der Waals surface area contributed by atoms with Crippen LogP contribution in [0, 0.1) is 12.8 Å². The first-order valence-electron chi connectivity index (χ1n) is 27.7. The third-order valence-electron chi connectivity index (χ3n) is 15.9. The van der Waals surface area contributed by atoms with Crippen LogP contribution in [-0.4, -0.2) is 145 Å². The number of anilines is 5. The summed E-state index contributed by atoms with van der Waals surface area (Å²) in [6, 6.07) is 8.38. The SMILES string of the molecule is CN=CC(=CN)c1cc2c(cc1C(F)F)N(c1nn(C3CCN(C(=O)CCCCNC(=O)C4CCN(c5ncc(C)c(Nc6cc(OC)c7c(c6)cc(OCC(=O)NC)c(=O)n7C)n5)CC4)CC3)c3c1CN(C(=O)NC)CC3)CCC2. The van der Waals surface area contributed by atoms with Gasteiger partial charge in [0.15, 0.2) is 18.2 Å². The number of aromatic nitrogens is 5. The number of ether oxygens (including phenoxy) is 2. The van der Waals surface area contributed by atoms with E-state index in [0.717, 1.165) is 28.8 Å². The van der Waals surface area contributed by atoms with Crippen molar-refractivity contribution < 1.29 is 37.4 Å². The molecule has 2 aromatic carbocycles. The van der Waals surface area contributed by atoms with Crippen molar-refractivity contribution in [1.82, 2.24) is 50.1 Å². The number of carbonyl (C=O) groups is 4. The zero-order valence-electron chi connectivity index (χ0n) is 46.9. The van der Waals surface area contributed by atoms with Gasteiger partial charge in [0.05, 0.1) is 25.2 Å². The van der Waals surface area contributed by atoms with Gasteiger partial charge in [0.25, 0.3) is 17.9 Å². The third kappa shape index (κ3) is 12.4. The molecule has 0 bridgehead atoms. The number of hydrogen-bond acceptors (Lipinski definition) is 15. The number of alkyl halides is 2. The summed E-state index contributed by atoms with van der Waals surface area (Å²) in [7, 11) is 7.81. The second kappa shape index (κ2) is 25.4. The second-order valence-corrected chi connectivity index (χ2v) is 21.0. The Balaban J connectivity index is 0.758. The van der Waals surface area contributed by atoms with E-state index in [1.54, 1.807) is 56.5 Å². The van der Waals surface area contributed by atoms with E-state index in [2.05, 4.69) is 40.8 Å². The number of amides is 5. The van der Waals surface area contributed by atoms with Crippen molar-refractivity contribution in [3.63, 3.8) is 0 Å². The molecule has 2 fully saturated rings. The quantitative estimate of drug-likeness (QED) is 0.0514. The molecule has 6 N–H and O–H groups in total. The molecule has 9 rings (SSSR count). The van der Waals surface area contributed by atoms with E-state index in [1.807, 2.05) is 22.8 Å². The lowest BCUT2D eigenvalue weighted by atomic mass is 9.92. The van der Waals surface area contributed by atoms with Crippen molar-refractivity contribution in [3.8, 4) is 11.5 Å². The number of urea groups is 1.